The summed E-state index contributed by atoms with van der Waals surface area (Å²) in [6.07, 6.45) is 3.73. The average Bonchev–Trinajstić information content (AvgIpc) is 2.01. The second-order valence-corrected chi connectivity index (χ2v) is 3.14. The molecule has 0 aliphatic rings. The largest absolute Gasteiger partial charge is 0.498 e. The van der Waals surface area contributed by atoms with Crippen LogP contribution in [0, 0.1) is 0 Å². The lowest BCUT2D eigenvalue weighted by Gasteiger charge is -1.97. The average molecular weight is 171 g/mol. The lowest BCUT2D eigenvalue weighted by molar-refractivity contribution is -0.691. The summed E-state index contributed by atoms with van der Waals surface area (Å²) in [5, 5.41) is 0.980. The Morgan fingerprint density at radius 1 is 1.64 bits per heavy atom. The van der Waals surface area contributed by atoms with E-state index in [2.05, 4.69) is 0 Å². The second-order valence-electron chi connectivity index (χ2n) is 2.31. The minimum atomic E-state index is 0.0110. The predicted molar refractivity (Wildman–Crippen MR) is 44.6 cm³/mol. The molecular weight excluding hydrogens is 160 g/mol. The van der Waals surface area contributed by atoms with Crippen LogP contribution in [0.1, 0.15) is 0 Å². The molecule has 0 aromatic carbocycles. The number of aromatic nitrogens is 2. The molecule has 0 aliphatic heterocycles. The number of hydrogen-bond donors (Lipinski definition) is 0. The molecule has 0 saturated carbocycles. The van der Waals surface area contributed by atoms with Crippen molar-refractivity contribution in [1.82, 2.24) is 4.57 Å². The molecule has 1 aromatic heterocycles. The lowest BCUT2D eigenvalue weighted by Crippen LogP contribution is -2.50. The van der Waals surface area contributed by atoms with Crippen molar-refractivity contribution in [3.8, 4) is 0 Å². The van der Waals surface area contributed by atoms with Gasteiger partial charge in [0.05, 0.1) is 20.3 Å². The Balaban J connectivity index is 3.37. The number of nitrogens with zero attached hydrogens (tertiary/aromatic N) is 2. The Morgan fingerprint density at radius 3 is 2.82 bits per heavy atom. The van der Waals surface area contributed by atoms with E-state index in [1.54, 1.807) is 41.2 Å². The van der Waals surface area contributed by atoms with Gasteiger partial charge in [-0.2, -0.15) is 9.36 Å². The molecule has 4 heteroatoms. The van der Waals surface area contributed by atoms with E-state index in [0.717, 1.165) is 5.03 Å². The highest BCUT2D eigenvalue weighted by atomic mass is 32.2. The third-order valence-electron chi connectivity index (χ3n) is 1.57. The molecule has 0 fully saturated rings. The maximum absolute atomic E-state index is 11.3. The normalized spacial score (nSPS) is 10.1. The maximum Gasteiger partial charge on any atom is 0.498 e. The third kappa shape index (κ3) is 1.45. The van der Waals surface area contributed by atoms with Gasteiger partial charge in [0.25, 0.3) is 0 Å². The fourth-order valence-electron chi connectivity index (χ4n) is 0.887. The SMILES string of the molecule is CSc1cc[n+](C)c(=O)n1C. The standard InChI is InChI=1S/C7H11N2OS/c1-8-5-4-6(11-3)9(2)7(8)10/h4-5H,1-3H3/q+1. The first-order valence-corrected chi connectivity index (χ1v) is 4.49. The van der Waals surface area contributed by atoms with E-state index in [0.29, 0.717) is 0 Å². The molecule has 3 nitrogen and oxygen atoms in total. The van der Waals surface area contributed by atoms with Crippen LogP contribution < -0.4 is 10.3 Å². The van der Waals surface area contributed by atoms with Crippen molar-refractivity contribution in [3.63, 3.8) is 0 Å². The molecule has 0 atom stereocenters. The van der Waals surface area contributed by atoms with Crippen molar-refractivity contribution in [1.29, 1.82) is 0 Å². The van der Waals surface area contributed by atoms with Gasteiger partial charge in [0.15, 0.2) is 5.03 Å². The van der Waals surface area contributed by atoms with Gasteiger partial charge in [0.1, 0.15) is 0 Å². The number of hydrogen-bond acceptors (Lipinski definition) is 2. The molecule has 0 bridgehead atoms. The van der Waals surface area contributed by atoms with Crippen LogP contribution in [0.25, 0.3) is 0 Å². The summed E-state index contributed by atoms with van der Waals surface area (Å²) in [6, 6.07) is 1.92. The van der Waals surface area contributed by atoms with Crippen molar-refractivity contribution in [2.45, 2.75) is 5.03 Å². The van der Waals surface area contributed by atoms with Gasteiger partial charge in [0, 0.05) is 6.07 Å². The highest BCUT2D eigenvalue weighted by molar-refractivity contribution is 7.98. The quantitative estimate of drug-likeness (QED) is 0.336. The Labute approximate surface area is 69.7 Å². The maximum atomic E-state index is 11.3. The third-order valence-corrected chi connectivity index (χ3v) is 2.40. The van der Waals surface area contributed by atoms with Crippen LogP contribution in [-0.4, -0.2) is 10.8 Å². The highest BCUT2D eigenvalue weighted by Crippen LogP contribution is 2.08. The van der Waals surface area contributed by atoms with E-state index in [1.165, 1.54) is 0 Å². The molecule has 1 aromatic rings. The second kappa shape index (κ2) is 3.09. The Hall–Kier alpha value is -0.770. The van der Waals surface area contributed by atoms with Gasteiger partial charge >= 0.3 is 5.69 Å². The minimum Gasteiger partial charge on any atom is -0.201 e. The van der Waals surface area contributed by atoms with E-state index < -0.39 is 0 Å². The summed E-state index contributed by atoms with van der Waals surface area (Å²) in [5.74, 6) is 0. The summed E-state index contributed by atoms with van der Waals surface area (Å²) in [4.78, 5) is 11.3. The van der Waals surface area contributed by atoms with Gasteiger partial charge in [-0.25, -0.2) is 4.57 Å². The smallest absolute Gasteiger partial charge is 0.201 e. The van der Waals surface area contributed by atoms with Crippen molar-refractivity contribution in [3.05, 3.63) is 22.7 Å². The molecule has 0 spiro atoms. The van der Waals surface area contributed by atoms with Crippen LogP contribution >= 0.6 is 11.8 Å². The Kier molecular flexibility index (Phi) is 2.34. The first kappa shape index (κ1) is 8.33. The molecular formula is C7H11N2OS+. The van der Waals surface area contributed by atoms with E-state index >= 15 is 0 Å². The van der Waals surface area contributed by atoms with Crippen molar-refractivity contribution in [2.75, 3.05) is 6.26 Å². The first-order valence-electron chi connectivity index (χ1n) is 3.26. The van der Waals surface area contributed by atoms with E-state index in [-0.39, 0.29) is 5.69 Å². The van der Waals surface area contributed by atoms with Gasteiger partial charge in [-0.3, -0.25) is 0 Å². The molecule has 11 heavy (non-hydrogen) atoms. The molecule has 1 rings (SSSR count). The number of thioether (sulfide) groups is 1. The van der Waals surface area contributed by atoms with Crippen molar-refractivity contribution in [2.24, 2.45) is 14.1 Å². The van der Waals surface area contributed by atoms with E-state index in [1.807, 2.05) is 12.3 Å². The zero-order chi connectivity index (χ0) is 8.43. The minimum absolute atomic E-state index is 0.0110. The summed E-state index contributed by atoms with van der Waals surface area (Å²) < 4.78 is 3.18. The zero-order valence-corrected chi connectivity index (χ0v) is 7.68. The molecule has 0 aliphatic carbocycles. The fourth-order valence-corrected chi connectivity index (χ4v) is 1.44. The first-order chi connectivity index (χ1) is 5.16. The van der Waals surface area contributed by atoms with E-state index in [9.17, 15) is 4.79 Å². The Morgan fingerprint density at radius 2 is 2.27 bits per heavy atom. The molecule has 0 saturated heterocycles. The number of rotatable bonds is 1. The molecule has 0 amide bonds. The summed E-state index contributed by atoms with van der Waals surface area (Å²) in [5.41, 5.74) is 0.0110. The summed E-state index contributed by atoms with van der Waals surface area (Å²) in [6.45, 7) is 0. The molecule has 0 unspecified atom stereocenters. The summed E-state index contributed by atoms with van der Waals surface area (Å²) in [7, 11) is 3.51. The Bertz CT molecular complexity index is 319. The van der Waals surface area contributed by atoms with Crippen LogP contribution in [0.4, 0.5) is 0 Å². The van der Waals surface area contributed by atoms with Crippen LogP contribution in [0.5, 0.6) is 0 Å². The van der Waals surface area contributed by atoms with Crippen LogP contribution in [-0.2, 0) is 14.1 Å². The van der Waals surface area contributed by atoms with Gasteiger partial charge < -0.3 is 0 Å². The van der Waals surface area contributed by atoms with Crippen LogP contribution in [0.15, 0.2) is 22.1 Å². The van der Waals surface area contributed by atoms with E-state index in [4.69, 9.17) is 0 Å². The summed E-state index contributed by atoms with van der Waals surface area (Å²) >= 11 is 1.57. The lowest BCUT2D eigenvalue weighted by atomic mass is 10.6. The molecule has 0 N–H and O–H groups in total. The molecule has 1 heterocycles. The van der Waals surface area contributed by atoms with Crippen molar-refractivity contribution >= 4 is 11.8 Å². The monoisotopic (exact) mass is 171 g/mol. The molecule has 60 valence electrons. The molecule has 0 radical (unpaired) electrons. The topological polar surface area (TPSA) is 25.9 Å². The fraction of sp³-hybridized carbons (Fsp3) is 0.429. The van der Waals surface area contributed by atoms with Gasteiger partial charge in [-0.1, -0.05) is 11.8 Å². The zero-order valence-electron chi connectivity index (χ0n) is 6.87. The van der Waals surface area contributed by atoms with Gasteiger partial charge in [-0.05, 0) is 6.26 Å². The van der Waals surface area contributed by atoms with Crippen LogP contribution in [0.2, 0.25) is 0 Å². The van der Waals surface area contributed by atoms with Crippen LogP contribution in [0.3, 0.4) is 0 Å². The van der Waals surface area contributed by atoms with Gasteiger partial charge in [0.2, 0.25) is 0 Å². The van der Waals surface area contributed by atoms with Gasteiger partial charge in [-0.15, -0.1) is 0 Å². The predicted octanol–water partition coefficient (Wildman–Crippen LogP) is -0.0683. The highest BCUT2D eigenvalue weighted by Gasteiger charge is 2.07. The van der Waals surface area contributed by atoms with Crippen molar-refractivity contribution < 1.29 is 4.57 Å². The number of aryl methyl sites for hydroxylation is 1.